The molecule has 1 amide bonds. The van der Waals surface area contributed by atoms with Crippen molar-refractivity contribution >= 4 is 17.5 Å². The Bertz CT molecular complexity index is 832. The second-order valence-corrected chi connectivity index (χ2v) is 6.72. The average molecular weight is 410 g/mol. The fourth-order valence-corrected chi connectivity index (χ4v) is 3.16. The van der Waals surface area contributed by atoms with E-state index in [-0.39, 0.29) is 23.6 Å². The molecule has 9 heteroatoms. The number of carbonyl (C=O) groups is 1. The van der Waals surface area contributed by atoms with Crippen LogP contribution < -0.4 is 19.7 Å². The fraction of sp³-hybridized carbons (Fsp3) is 0.350. The summed E-state index contributed by atoms with van der Waals surface area (Å²) in [6.07, 6.45) is -5.45. The van der Waals surface area contributed by atoms with Gasteiger partial charge in [-0.15, -0.1) is 13.2 Å². The van der Waals surface area contributed by atoms with Crippen molar-refractivity contribution in [1.82, 2.24) is 0 Å². The van der Waals surface area contributed by atoms with Crippen molar-refractivity contribution in [3.63, 3.8) is 0 Å². The molecule has 29 heavy (non-hydrogen) atoms. The number of para-hydroxylation sites is 2. The molecule has 1 heterocycles. The SMILES string of the molecule is C[C@@H]1CN(c2ccccc2OC(=O)Nc2ccc(OC(F)(F)F)cc2)C[C@@H](C)O1. The Morgan fingerprint density at radius 2 is 1.69 bits per heavy atom. The van der Waals surface area contributed by atoms with Gasteiger partial charge in [-0.05, 0) is 50.2 Å². The normalized spacial score (nSPS) is 19.6. The first kappa shape index (κ1) is 20.8. The van der Waals surface area contributed by atoms with Crippen LogP contribution in [-0.4, -0.2) is 37.8 Å². The van der Waals surface area contributed by atoms with Gasteiger partial charge in [0.05, 0.1) is 17.9 Å². The lowest BCUT2D eigenvalue weighted by molar-refractivity contribution is -0.274. The van der Waals surface area contributed by atoms with Crippen LogP contribution in [0.1, 0.15) is 13.8 Å². The number of anilines is 2. The van der Waals surface area contributed by atoms with Crippen LogP contribution in [-0.2, 0) is 4.74 Å². The second-order valence-electron chi connectivity index (χ2n) is 6.72. The van der Waals surface area contributed by atoms with E-state index < -0.39 is 12.5 Å². The first-order chi connectivity index (χ1) is 13.7. The molecule has 0 radical (unpaired) electrons. The zero-order chi connectivity index (χ0) is 21.0. The summed E-state index contributed by atoms with van der Waals surface area (Å²) in [5, 5.41) is 2.49. The maximum Gasteiger partial charge on any atom is 0.573 e. The van der Waals surface area contributed by atoms with Crippen LogP contribution in [0, 0.1) is 0 Å². The van der Waals surface area contributed by atoms with Crippen LogP contribution in [0.3, 0.4) is 0 Å². The molecular weight excluding hydrogens is 389 g/mol. The maximum absolute atomic E-state index is 12.3. The smallest absolute Gasteiger partial charge is 0.408 e. The van der Waals surface area contributed by atoms with E-state index in [1.807, 2.05) is 26.0 Å². The summed E-state index contributed by atoms with van der Waals surface area (Å²) in [7, 11) is 0. The topological polar surface area (TPSA) is 60.0 Å². The summed E-state index contributed by atoms with van der Waals surface area (Å²) in [5.41, 5.74) is 1.04. The molecule has 2 aromatic rings. The Kier molecular flexibility index (Phi) is 6.17. The predicted octanol–water partition coefficient (Wildman–Crippen LogP) is 4.81. The minimum absolute atomic E-state index is 0.0399. The van der Waals surface area contributed by atoms with E-state index in [0.29, 0.717) is 18.8 Å². The molecule has 0 aliphatic carbocycles. The molecule has 0 spiro atoms. The largest absolute Gasteiger partial charge is 0.573 e. The third kappa shape index (κ3) is 6.02. The standard InChI is InChI=1S/C20H21F3N2O4/c1-13-11-25(12-14(2)27-13)17-5-3-4-6-18(17)28-19(26)24-15-7-9-16(10-8-15)29-20(21,22)23/h3-10,13-14H,11-12H2,1-2H3,(H,24,26)/t13-,14-/m1/s1. The highest BCUT2D eigenvalue weighted by molar-refractivity contribution is 5.87. The van der Waals surface area contributed by atoms with E-state index >= 15 is 0 Å². The summed E-state index contributed by atoms with van der Waals surface area (Å²) in [6, 6.07) is 11.9. The number of ether oxygens (including phenoxy) is 3. The van der Waals surface area contributed by atoms with E-state index in [2.05, 4.69) is 15.0 Å². The molecular formula is C20H21F3N2O4. The molecule has 0 bridgehead atoms. The molecule has 0 saturated carbocycles. The van der Waals surface area contributed by atoms with Gasteiger partial charge in [0.1, 0.15) is 5.75 Å². The van der Waals surface area contributed by atoms with E-state index in [9.17, 15) is 18.0 Å². The van der Waals surface area contributed by atoms with Crippen LogP contribution in [0.2, 0.25) is 0 Å². The Morgan fingerprint density at radius 3 is 2.31 bits per heavy atom. The van der Waals surface area contributed by atoms with Gasteiger partial charge in [0.2, 0.25) is 0 Å². The maximum atomic E-state index is 12.3. The van der Waals surface area contributed by atoms with E-state index in [4.69, 9.17) is 9.47 Å². The molecule has 1 aliphatic rings. The number of amides is 1. The molecule has 1 saturated heterocycles. The lowest BCUT2D eigenvalue weighted by Gasteiger charge is -2.37. The molecule has 0 aromatic heterocycles. The van der Waals surface area contributed by atoms with Crippen LogP contribution in [0.4, 0.5) is 29.3 Å². The number of halogens is 3. The molecule has 156 valence electrons. The zero-order valence-electron chi connectivity index (χ0n) is 15.9. The number of nitrogens with one attached hydrogen (secondary N) is 1. The van der Waals surface area contributed by atoms with E-state index in [1.54, 1.807) is 12.1 Å². The van der Waals surface area contributed by atoms with Crippen LogP contribution >= 0.6 is 0 Å². The molecule has 1 aliphatic heterocycles. The molecule has 2 atom stereocenters. The van der Waals surface area contributed by atoms with Crippen molar-refractivity contribution in [2.75, 3.05) is 23.3 Å². The fourth-order valence-electron chi connectivity index (χ4n) is 3.16. The summed E-state index contributed by atoms with van der Waals surface area (Å²) < 4.78 is 51.6. The molecule has 2 aromatic carbocycles. The zero-order valence-corrected chi connectivity index (χ0v) is 15.9. The number of benzene rings is 2. The average Bonchev–Trinajstić information content (AvgIpc) is 2.62. The van der Waals surface area contributed by atoms with Crippen molar-refractivity contribution in [1.29, 1.82) is 0 Å². The first-order valence-corrected chi connectivity index (χ1v) is 9.03. The summed E-state index contributed by atoms with van der Waals surface area (Å²) in [5.74, 6) is 0.000597. The highest BCUT2D eigenvalue weighted by atomic mass is 19.4. The monoisotopic (exact) mass is 410 g/mol. The van der Waals surface area contributed by atoms with Gasteiger partial charge in [-0.25, -0.2) is 4.79 Å². The van der Waals surface area contributed by atoms with Crippen LogP contribution in [0.5, 0.6) is 11.5 Å². The number of rotatable bonds is 4. The number of alkyl halides is 3. The lowest BCUT2D eigenvalue weighted by Crippen LogP contribution is -2.45. The summed E-state index contributed by atoms with van der Waals surface area (Å²) in [4.78, 5) is 14.4. The third-order valence-electron chi connectivity index (χ3n) is 4.16. The van der Waals surface area contributed by atoms with Gasteiger partial charge >= 0.3 is 12.5 Å². The van der Waals surface area contributed by atoms with E-state index in [1.165, 1.54) is 12.1 Å². The third-order valence-corrected chi connectivity index (χ3v) is 4.16. The van der Waals surface area contributed by atoms with Gasteiger partial charge in [0.15, 0.2) is 5.75 Å². The summed E-state index contributed by atoms with van der Waals surface area (Å²) >= 11 is 0. The van der Waals surface area contributed by atoms with Gasteiger partial charge < -0.3 is 19.1 Å². The van der Waals surface area contributed by atoms with Crippen molar-refractivity contribution in [3.05, 3.63) is 48.5 Å². The van der Waals surface area contributed by atoms with Gasteiger partial charge in [-0.2, -0.15) is 0 Å². The number of nitrogens with zero attached hydrogens (tertiary/aromatic N) is 1. The van der Waals surface area contributed by atoms with Gasteiger partial charge in [0, 0.05) is 18.8 Å². The van der Waals surface area contributed by atoms with E-state index in [0.717, 1.165) is 17.8 Å². The van der Waals surface area contributed by atoms with Crippen molar-refractivity contribution < 1.29 is 32.2 Å². The quantitative estimate of drug-likeness (QED) is 0.784. The number of hydrogen-bond acceptors (Lipinski definition) is 5. The minimum atomic E-state index is -4.77. The van der Waals surface area contributed by atoms with Crippen LogP contribution in [0.25, 0.3) is 0 Å². The minimum Gasteiger partial charge on any atom is -0.408 e. The lowest BCUT2D eigenvalue weighted by atomic mass is 10.2. The molecule has 0 unspecified atom stereocenters. The predicted molar refractivity (Wildman–Crippen MR) is 101 cm³/mol. The molecule has 3 rings (SSSR count). The Hall–Kier alpha value is -2.94. The summed E-state index contributed by atoms with van der Waals surface area (Å²) in [6.45, 7) is 5.27. The molecule has 1 N–H and O–H groups in total. The Balaban J connectivity index is 1.65. The number of carbonyl (C=O) groups excluding carboxylic acids is 1. The van der Waals surface area contributed by atoms with Crippen molar-refractivity contribution in [2.45, 2.75) is 32.4 Å². The van der Waals surface area contributed by atoms with Crippen molar-refractivity contribution in [2.24, 2.45) is 0 Å². The molecule has 1 fully saturated rings. The Labute approximate surface area is 166 Å². The first-order valence-electron chi connectivity index (χ1n) is 9.03. The van der Waals surface area contributed by atoms with Crippen LogP contribution in [0.15, 0.2) is 48.5 Å². The Morgan fingerprint density at radius 1 is 1.07 bits per heavy atom. The second kappa shape index (κ2) is 8.60. The van der Waals surface area contributed by atoms with Crippen molar-refractivity contribution in [3.8, 4) is 11.5 Å². The van der Waals surface area contributed by atoms with Gasteiger partial charge in [-0.3, -0.25) is 5.32 Å². The number of morpholine rings is 1. The van der Waals surface area contributed by atoms with Gasteiger partial charge in [0.25, 0.3) is 0 Å². The highest BCUT2D eigenvalue weighted by Gasteiger charge is 2.31. The molecule has 6 nitrogen and oxygen atoms in total. The highest BCUT2D eigenvalue weighted by Crippen LogP contribution is 2.31. The van der Waals surface area contributed by atoms with Gasteiger partial charge in [-0.1, -0.05) is 12.1 Å². The number of hydrogen-bond donors (Lipinski definition) is 1.